The number of methoxy groups -OCH3 is 4. The average Bonchev–Trinajstić information content (AvgIpc) is 3.21. The largest absolute Gasteiger partial charge is 0.493 e. The highest BCUT2D eigenvalue weighted by atomic mass is 16.5. The molecule has 0 saturated heterocycles. The molecule has 0 fully saturated rings. The Kier molecular flexibility index (Phi) is 10.2. The zero-order valence-electron chi connectivity index (χ0n) is 23.4. The molecule has 0 bridgehead atoms. The first-order valence-electron chi connectivity index (χ1n) is 13.5. The predicted octanol–water partition coefficient (Wildman–Crippen LogP) is 5.71. The Morgan fingerprint density at radius 2 is 1.59 bits per heavy atom. The zero-order chi connectivity index (χ0) is 27.6. The van der Waals surface area contributed by atoms with Gasteiger partial charge in [-0.05, 0) is 79.1 Å². The van der Waals surface area contributed by atoms with E-state index in [0.29, 0.717) is 29.6 Å². The third kappa shape index (κ3) is 6.72. The second-order valence-corrected chi connectivity index (χ2v) is 9.60. The summed E-state index contributed by atoms with van der Waals surface area (Å²) in [5.41, 5.74) is 4.91. The van der Waals surface area contributed by atoms with Crippen LogP contribution in [-0.2, 0) is 17.8 Å². The number of hydrogen-bond acceptors (Lipinski definition) is 7. The van der Waals surface area contributed by atoms with Crippen LogP contribution in [0.1, 0.15) is 48.4 Å². The van der Waals surface area contributed by atoms with E-state index in [2.05, 4.69) is 17.4 Å². The van der Waals surface area contributed by atoms with Gasteiger partial charge in [0.2, 0.25) is 11.2 Å². The van der Waals surface area contributed by atoms with E-state index in [0.717, 1.165) is 67.5 Å². The fourth-order valence-electron chi connectivity index (χ4n) is 5.23. The lowest BCUT2D eigenvalue weighted by molar-refractivity contribution is 0.117. The summed E-state index contributed by atoms with van der Waals surface area (Å²) in [6.07, 6.45) is 4.71. The lowest BCUT2D eigenvalue weighted by atomic mass is 9.95. The topological polar surface area (TPSA) is 75.2 Å². The minimum Gasteiger partial charge on any atom is -0.493 e. The molecule has 0 aliphatic heterocycles. The van der Waals surface area contributed by atoms with Gasteiger partial charge in [-0.15, -0.1) is 0 Å². The van der Waals surface area contributed by atoms with Crippen molar-refractivity contribution in [3.63, 3.8) is 0 Å². The first kappa shape index (κ1) is 28.5. The molecule has 1 N–H and O–H groups in total. The summed E-state index contributed by atoms with van der Waals surface area (Å²) < 4.78 is 28.4. The third-order valence-electron chi connectivity index (χ3n) is 7.19. The van der Waals surface area contributed by atoms with Crippen molar-refractivity contribution in [3.05, 3.63) is 81.5 Å². The summed E-state index contributed by atoms with van der Waals surface area (Å²) >= 11 is 0. The summed E-state index contributed by atoms with van der Waals surface area (Å²) in [6, 6.07) is 17.6. The quantitative estimate of drug-likeness (QED) is 0.282. The number of rotatable bonds is 13. The van der Waals surface area contributed by atoms with E-state index in [1.54, 1.807) is 33.5 Å². The van der Waals surface area contributed by atoms with Crippen molar-refractivity contribution >= 4 is 0 Å². The highest BCUT2D eigenvalue weighted by Crippen LogP contribution is 2.50. The molecule has 3 aromatic rings. The standard InChI is InChI=1S/C32H39NO6/c1-35-28-16-14-24-25(20-27(28)34)26(33-17-9-6-10-18-39-21-22-11-7-5-8-12-22)15-13-23-19-29(36-2)31(37-3)32(38-4)30(23)24/h5,7-8,11-12,14,16,19-20,26,33H,6,9-10,13,15,17-18,21H2,1-4H3/t26-/m0/s1. The Balaban J connectivity index is 1.50. The van der Waals surface area contributed by atoms with Crippen molar-refractivity contribution in [1.29, 1.82) is 0 Å². The number of hydrogen-bond donors (Lipinski definition) is 1. The summed E-state index contributed by atoms with van der Waals surface area (Å²) in [6.45, 7) is 2.23. The van der Waals surface area contributed by atoms with Crippen LogP contribution in [0.2, 0.25) is 0 Å². The number of fused-ring (bicyclic) bond motifs is 3. The predicted molar refractivity (Wildman–Crippen MR) is 153 cm³/mol. The van der Waals surface area contributed by atoms with Crippen molar-refractivity contribution in [2.24, 2.45) is 0 Å². The van der Waals surface area contributed by atoms with Crippen LogP contribution in [0, 0.1) is 0 Å². The highest BCUT2D eigenvalue weighted by Gasteiger charge is 2.29. The molecule has 1 aliphatic carbocycles. The molecule has 0 radical (unpaired) electrons. The van der Waals surface area contributed by atoms with Gasteiger partial charge in [0.1, 0.15) is 0 Å². The zero-order valence-corrected chi connectivity index (χ0v) is 23.4. The molecule has 0 aromatic heterocycles. The van der Waals surface area contributed by atoms with E-state index in [-0.39, 0.29) is 11.5 Å². The Morgan fingerprint density at radius 3 is 2.31 bits per heavy atom. The summed E-state index contributed by atoms with van der Waals surface area (Å²) in [4.78, 5) is 13.0. The lowest BCUT2D eigenvalue weighted by Gasteiger charge is -2.20. The van der Waals surface area contributed by atoms with Crippen molar-refractivity contribution < 1.29 is 23.7 Å². The van der Waals surface area contributed by atoms with Crippen LogP contribution >= 0.6 is 0 Å². The lowest BCUT2D eigenvalue weighted by Crippen LogP contribution is -2.23. The van der Waals surface area contributed by atoms with E-state index >= 15 is 0 Å². The fourth-order valence-corrected chi connectivity index (χ4v) is 5.23. The van der Waals surface area contributed by atoms with Crippen LogP contribution in [0.5, 0.6) is 23.0 Å². The van der Waals surface area contributed by atoms with E-state index < -0.39 is 0 Å². The number of ether oxygens (including phenoxy) is 5. The van der Waals surface area contributed by atoms with Crippen LogP contribution in [0.25, 0.3) is 11.1 Å². The van der Waals surface area contributed by atoms with Crippen LogP contribution in [0.4, 0.5) is 0 Å². The van der Waals surface area contributed by atoms with Gasteiger partial charge < -0.3 is 29.0 Å². The molecular weight excluding hydrogens is 494 g/mol. The first-order chi connectivity index (χ1) is 19.1. The van der Waals surface area contributed by atoms with Gasteiger partial charge in [-0.3, -0.25) is 4.79 Å². The summed E-state index contributed by atoms with van der Waals surface area (Å²) in [5, 5.41) is 3.72. The molecule has 0 saturated carbocycles. The van der Waals surface area contributed by atoms with Crippen LogP contribution in [0.3, 0.4) is 0 Å². The van der Waals surface area contributed by atoms with E-state index in [1.165, 1.54) is 12.7 Å². The summed E-state index contributed by atoms with van der Waals surface area (Å²) in [7, 11) is 6.37. The number of unbranched alkanes of at least 4 members (excludes halogenated alkanes) is 2. The van der Waals surface area contributed by atoms with Crippen molar-refractivity contribution in [2.45, 2.75) is 44.8 Å². The van der Waals surface area contributed by atoms with Gasteiger partial charge in [0.05, 0.1) is 35.0 Å². The van der Waals surface area contributed by atoms with Crippen LogP contribution < -0.4 is 29.7 Å². The molecular formula is C32H39NO6. The molecule has 7 nitrogen and oxygen atoms in total. The number of benzene rings is 2. The average molecular weight is 534 g/mol. The second-order valence-electron chi connectivity index (χ2n) is 9.60. The molecule has 39 heavy (non-hydrogen) atoms. The maximum absolute atomic E-state index is 13.0. The van der Waals surface area contributed by atoms with Gasteiger partial charge in [0.15, 0.2) is 17.2 Å². The molecule has 1 aliphatic rings. The third-order valence-corrected chi connectivity index (χ3v) is 7.19. The Bertz CT molecular complexity index is 1290. The Hall–Kier alpha value is -3.55. The molecule has 3 aromatic carbocycles. The van der Waals surface area contributed by atoms with Gasteiger partial charge in [-0.25, -0.2) is 0 Å². The molecule has 208 valence electrons. The van der Waals surface area contributed by atoms with E-state index in [4.69, 9.17) is 23.7 Å². The van der Waals surface area contributed by atoms with Crippen LogP contribution in [0.15, 0.2) is 59.4 Å². The smallest absolute Gasteiger partial charge is 0.220 e. The number of aryl methyl sites for hydroxylation is 1. The molecule has 1 atom stereocenters. The highest BCUT2D eigenvalue weighted by molar-refractivity contribution is 5.82. The SMILES string of the molecule is COc1cc2c(c(OC)c1OC)-c1ccc(OC)c(=O)cc1[C@@H](NCCCCCOCc1ccccc1)CC2. The number of nitrogens with one attached hydrogen (secondary N) is 1. The van der Waals surface area contributed by atoms with E-state index in [9.17, 15) is 4.79 Å². The van der Waals surface area contributed by atoms with Gasteiger partial charge >= 0.3 is 0 Å². The molecule has 0 unspecified atom stereocenters. The molecule has 4 rings (SSSR count). The second kappa shape index (κ2) is 14.0. The maximum Gasteiger partial charge on any atom is 0.220 e. The van der Waals surface area contributed by atoms with Gasteiger partial charge in [0.25, 0.3) is 0 Å². The molecule has 0 amide bonds. The first-order valence-corrected chi connectivity index (χ1v) is 13.5. The minimum absolute atomic E-state index is 0.00627. The monoisotopic (exact) mass is 533 g/mol. The summed E-state index contributed by atoms with van der Waals surface area (Å²) in [5.74, 6) is 2.06. The normalized spacial score (nSPS) is 14.1. The van der Waals surface area contributed by atoms with Crippen molar-refractivity contribution in [2.75, 3.05) is 41.6 Å². The minimum atomic E-state index is -0.149. The van der Waals surface area contributed by atoms with Gasteiger partial charge in [0, 0.05) is 18.2 Å². The molecule has 7 heteroatoms. The van der Waals surface area contributed by atoms with Gasteiger partial charge in [-0.2, -0.15) is 0 Å². The van der Waals surface area contributed by atoms with Crippen molar-refractivity contribution in [1.82, 2.24) is 5.32 Å². The molecule has 0 heterocycles. The molecule has 0 spiro atoms. The van der Waals surface area contributed by atoms with E-state index in [1.807, 2.05) is 30.3 Å². The van der Waals surface area contributed by atoms with Crippen LogP contribution in [-0.4, -0.2) is 41.6 Å². The van der Waals surface area contributed by atoms with Gasteiger partial charge in [-0.1, -0.05) is 36.4 Å². The van der Waals surface area contributed by atoms with Crippen molar-refractivity contribution in [3.8, 4) is 34.1 Å². The Morgan fingerprint density at radius 1 is 0.821 bits per heavy atom. The maximum atomic E-state index is 13.0. The fraction of sp³-hybridized carbons (Fsp3) is 0.406. The Labute approximate surface area is 231 Å².